The maximum atomic E-state index is 11.9. The third-order valence-corrected chi connectivity index (χ3v) is 6.84. The largest absolute Gasteiger partial charge is 0.367 e. The number of hydrazine groups is 1. The number of rotatable bonds is 6. The van der Waals surface area contributed by atoms with Crippen LogP contribution >= 0.6 is 0 Å². The van der Waals surface area contributed by atoms with Crippen LogP contribution in [0.5, 0.6) is 0 Å². The first-order valence-corrected chi connectivity index (χ1v) is 11.4. The van der Waals surface area contributed by atoms with Crippen LogP contribution in [0.2, 0.25) is 0 Å². The highest BCUT2D eigenvalue weighted by Gasteiger charge is 2.41. The smallest absolute Gasteiger partial charge is 0.233 e. The topological polar surface area (TPSA) is 106 Å². The van der Waals surface area contributed by atoms with Gasteiger partial charge in [0.05, 0.1) is 18.2 Å². The standard InChI is InChI=1S/C22H32N8O/c1-13-8-20(29-28-13)26-19-11-18-17(4-3-7-24-18)22(27-19)25-14-9-15-5-6-16(10-14)30(15)12-21(31)23-2/h3-4,7,11,13-16,20,28-29H,5-6,8-10,12H2,1-2H3,(H,23,31)(H2,25,26,27)/t13?,14?,15-,16+,20?. The predicted octanol–water partition coefficient (Wildman–Crippen LogP) is 1.41. The van der Waals surface area contributed by atoms with E-state index in [1.54, 1.807) is 7.05 Å². The molecule has 166 valence electrons. The van der Waals surface area contributed by atoms with Crippen molar-refractivity contribution in [3.63, 3.8) is 0 Å². The molecule has 3 unspecified atom stereocenters. The molecule has 0 spiro atoms. The van der Waals surface area contributed by atoms with Crippen LogP contribution in [-0.4, -0.2) is 64.7 Å². The normalized spacial score (nSPS) is 30.5. The van der Waals surface area contributed by atoms with Crippen LogP contribution in [-0.2, 0) is 4.79 Å². The second kappa shape index (κ2) is 8.57. The summed E-state index contributed by atoms with van der Waals surface area (Å²) in [6.45, 7) is 2.66. The first-order chi connectivity index (χ1) is 15.1. The number of fused-ring (bicyclic) bond motifs is 3. The SMILES string of the molecule is CNC(=O)CN1[C@@H]2CC[C@H]1CC(Nc1nc(NC3CC(C)NN3)cc3ncccc13)C2. The fourth-order valence-electron chi connectivity index (χ4n) is 5.34. The Balaban J connectivity index is 1.34. The number of hydrogen-bond acceptors (Lipinski definition) is 8. The van der Waals surface area contributed by atoms with Crippen molar-refractivity contribution in [3.8, 4) is 0 Å². The summed E-state index contributed by atoms with van der Waals surface area (Å²) in [5.74, 6) is 1.81. The summed E-state index contributed by atoms with van der Waals surface area (Å²) in [5.41, 5.74) is 7.44. The Morgan fingerprint density at radius 3 is 2.71 bits per heavy atom. The maximum absolute atomic E-state index is 11.9. The molecule has 9 heteroatoms. The lowest BCUT2D eigenvalue weighted by atomic mass is 9.97. The highest BCUT2D eigenvalue weighted by atomic mass is 16.1. The summed E-state index contributed by atoms with van der Waals surface area (Å²) in [4.78, 5) is 23.8. The van der Waals surface area contributed by atoms with Gasteiger partial charge in [0, 0.05) is 48.9 Å². The van der Waals surface area contributed by atoms with Gasteiger partial charge in [-0.25, -0.2) is 10.4 Å². The van der Waals surface area contributed by atoms with Gasteiger partial charge in [-0.05, 0) is 51.2 Å². The Kier molecular flexibility index (Phi) is 5.64. The molecule has 3 aliphatic rings. The van der Waals surface area contributed by atoms with Crippen molar-refractivity contribution >= 4 is 28.4 Å². The Morgan fingerprint density at radius 1 is 1.19 bits per heavy atom. The molecule has 5 heterocycles. The minimum Gasteiger partial charge on any atom is -0.367 e. The molecule has 2 aromatic rings. The van der Waals surface area contributed by atoms with E-state index >= 15 is 0 Å². The van der Waals surface area contributed by atoms with Gasteiger partial charge in [-0.2, -0.15) is 0 Å². The average Bonchev–Trinajstić information content (AvgIpc) is 3.26. The summed E-state index contributed by atoms with van der Waals surface area (Å²) >= 11 is 0. The van der Waals surface area contributed by atoms with Crippen molar-refractivity contribution in [2.45, 2.75) is 69.4 Å². The first-order valence-electron chi connectivity index (χ1n) is 11.4. The van der Waals surface area contributed by atoms with E-state index in [0.717, 1.165) is 54.6 Å². The minimum absolute atomic E-state index is 0.102. The molecule has 2 aromatic heterocycles. The Bertz CT molecular complexity index is 938. The van der Waals surface area contributed by atoms with E-state index in [2.05, 4.69) is 49.7 Å². The molecule has 5 rings (SSSR count). The van der Waals surface area contributed by atoms with Crippen LogP contribution in [0.25, 0.3) is 10.9 Å². The number of pyridine rings is 2. The van der Waals surface area contributed by atoms with Crippen molar-refractivity contribution in [2.75, 3.05) is 24.2 Å². The molecule has 5 atom stereocenters. The van der Waals surface area contributed by atoms with E-state index in [-0.39, 0.29) is 12.1 Å². The number of carbonyl (C=O) groups is 1. The highest BCUT2D eigenvalue weighted by molar-refractivity contribution is 5.91. The predicted molar refractivity (Wildman–Crippen MR) is 122 cm³/mol. The van der Waals surface area contributed by atoms with E-state index in [1.165, 1.54) is 0 Å². The lowest BCUT2D eigenvalue weighted by Gasteiger charge is -2.39. The molecule has 2 bridgehead atoms. The van der Waals surface area contributed by atoms with Crippen LogP contribution < -0.4 is 26.8 Å². The summed E-state index contributed by atoms with van der Waals surface area (Å²) < 4.78 is 0. The number of aromatic nitrogens is 2. The molecule has 9 nitrogen and oxygen atoms in total. The van der Waals surface area contributed by atoms with Gasteiger partial charge in [-0.1, -0.05) is 0 Å². The van der Waals surface area contributed by atoms with Gasteiger partial charge in [-0.3, -0.25) is 20.1 Å². The second-order valence-electron chi connectivity index (χ2n) is 9.09. The van der Waals surface area contributed by atoms with Gasteiger partial charge in [0.2, 0.25) is 5.91 Å². The van der Waals surface area contributed by atoms with Crippen LogP contribution in [0.1, 0.15) is 39.0 Å². The molecule has 0 aromatic carbocycles. The monoisotopic (exact) mass is 424 g/mol. The molecule has 0 saturated carbocycles. The van der Waals surface area contributed by atoms with Gasteiger partial charge in [0.1, 0.15) is 11.6 Å². The first kappa shape index (κ1) is 20.4. The number of piperidine rings is 1. The molecule has 5 N–H and O–H groups in total. The van der Waals surface area contributed by atoms with E-state index in [9.17, 15) is 4.79 Å². The van der Waals surface area contributed by atoms with Crippen molar-refractivity contribution in [1.82, 2.24) is 31.0 Å². The van der Waals surface area contributed by atoms with Gasteiger partial charge >= 0.3 is 0 Å². The van der Waals surface area contributed by atoms with Crippen molar-refractivity contribution < 1.29 is 4.79 Å². The third-order valence-electron chi connectivity index (χ3n) is 6.84. The summed E-state index contributed by atoms with van der Waals surface area (Å²) in [6, 6.07) is 7.72. The molecule has 1 amide bonds. The van der Waals surface area contributed by atoms with Gasteiger partial charge in [0.15, 0.2) is 0 Å². The molecule has 0 radical (unpaired) electrons. The van der Waals surface area contributed by atoms with Gasteiger partial charge < -0.3 is 16.0 Å². The fourth-order valence-corrected chi connectivity index (χ4v) is 5.34. The number of anilines is 2. The second-order valence-corrected chi connectivity index (χ2v) is 9.09. The summed E-state index contributed by atoms with van der Waals surface area (Å²) in [7, 11) is 1.71. The molecule has 31 heavy (non-hydrogen) atoms. The number of hydrogen-bond donors (Lipinski definition) is 5. The molecule has 0 aliphatic carbocycles. The lowest BCUT2D eigenvalue weighted by molar-refractivity contribution is -0.122. The van der Waals surface area contributed by atoms with E-state index in [4.69, 9.17) is 4.98 Å². The van der Waals surface area contributed by atoms with Crippen LogP contribution in [0.4, 0.5) is 11.6 Å². The van der Waals surface area contributed by atoms with Gasteiger partial charge in [-0.15, -0.1) is 0 Å². The zero-order valence-corrected chi connectivity index (χ0v) is 18.2. The van der Waals surface area contributed by atoms with Crippen LogP contribution in [0.3, 0.4) is 0 Å². The molecule has 3 fully saturated rings. The Labute approximate surface area is 182 Å². The summed E-state index contributed by atoms with van der Waals surface area (Å²) in [6.07, 6.45) is 7.33. The number of nitrogens with one attached hydrogen (secondary N) is 5. The van der Waals surface area contributed by atoms with Crippen molar-refractivity contribution in [2.24, 2.45) is 0 Å². The fraction of sp³-hybridized carbons (Fsp3) is 0.591. The van der Waals surface area contributed by atoms with E-state index in [0.29, 0.717) is 30.7 Å². The Hall–Kier alpha value is -2.49. The third kappa shape index (κ3) is 4.30. The number of carbonyl (C=O) groups excluding carboxylic acids is 1. The lowest BCUT2D eigenvalue weighted by Crippen LogP contribution is -2.50. The Morgan fingerprint density at radius 2 is 2.00 bits per heavy atom. The molecule has 3 aliphatic heterocycles. The highest BCUT2D eigenvalue weighted by Crippen LogP contribution is 2.37. The minimum atomic E-state index is 0.102. The average molecular weight is 425 g/mol. The van der Waals surface area contributed by atoms with Crippen LogP contribution in [0, 0.1) is 0 Å². The zero-order valence-electron chi connectivity index (χ0n) is 18.2. The molecular weight excluding hydrogens is 392 g/mol. The quantitative estimate of drug-likeness (QED) is 0.474. The van der Waals surface area contributed by atoms with E-state index in [1.807, 2.05) is 18.3 Å². The van der Waals surface area contributed by atoms with Crippen molar-refractivity contribution in [1.29, 1.82) is 0 Å². The van der Waals surface area contributed by atoms with Crippen molar-refractivity contribution in [3.05, 3.63) is 24.4 Å². The molecule has 3 saturated heterocycles. The van der Waals surface area contributed by atoms with Crippen LogP contribution in [0.15, 0.2) is 24.4 Å². The van der Waals surface area contributed by atoms with E-state index < -0.39 is 0 Å². The number of likely N-dealkylation sites (N-methyl/N-ethyl adjacent to an activating group) is 1. The molecular formula is C22H32N8O. The maximum Gasteiger partial charge on any atom is 0.233 e. The van der Waals surface area contributed by atoms with Gasteiger partial charge in [0.25, 0.3) is 0 Å². The number of amides is 1. The zero-order chi connectivity index (χ0) is 21.4. The summed E-state index contributed by atoms with van der Waals surface area (Å²) in [5, 5.41) is 11.0. The number of nitrogens with zero attached hydrogens (tertiary/aromatic N) is 3.